The van der Waals surface area contributed by atoms with E-state index in [2.05, 4.69) is 9.97 Å². The number of anilines is 2. The van der Waals surface area contributed by atoms with Gasteiger partial charge in [-0.1, -0.05) is 0 Å². The summed E-state index contributed by atoms with van der Waals surface area (Å²) in [6.45, 7) is -0.396. The normalized spacial score (nSPS) is 30.1. The van der Waals surface area contributed by atoms with E-state index in [0.717, 1.165) is 0 Å². The lowest BCUT2D eigenvalue weighted by atomic mass is 10.1. The van der Waals surface area contributed by atoms with Gasteiger partial charge in [0.2, 0.25) is 5.95 Å². The minimum Gasteiger partial charge on any atom is -0.394 e. The van der Waals surface area contributed by atoms with Crippen molar-refractivity contribution in [3.8, 4) is 0 Å². The Labute approximate surface area is 113 Å². The fourth-order valence-electron chi connectivity index (χ4n) is 2.39. The molecule has 3 heterocycles. The van der Waals surface area contributed by atoms with E-state index < -0.39 is 31.1 Å². The first-order chi connectivity index (χ1) is 9.52. The second-order valence-electron chi connectivity index (χ2n) is 4.66. The molecule has 0 bridgehead atoms. The zero-order valence-corrected chi connectivity index (χ0v) is 10.4. The van der Waals surface area contributed by atoms with Crippen molar-refractivity contribution in [2.24, 2.45) is 0 Å². The van der Waals surface area contributed by atoms with Crippen LogP contribution in [-0.2, 0) is 4.74 Å². The topological polar surface area (TPSA) is 153 Å². The Bertz CT molecular complexity index is 645. The Hall–Kier alpha value is -1.94. The second-order valence-corrected chi connectivity index (χ2v) is 4.66. The summed E-state index contributed by atoms with van der Waals surface area (Å²) in [5.74, 6) is 0.222. The molecular formula is C11H15N5O4. The van der Waals surface area contributed by atoms with Crippen LogP contribution >= 0.6 is 0 Å². The monoisotopic (exact) mass is 281 g/mol. The van der Waals surface area contributed by atoms with Crippen LogP contribution in [0.5, 0.6) is 0 Å². The number of hydrogen-bond acceptors (Lipinski definition) is 8. The third-order valence-corrected chi connectivity index (χ3v) is 3.41. The summed E-state index contributed by atoms with van der Waals surface area (Å²) >= 11 is 0. The van der Waals surface area contributed by atoms with Crippen LogP contribution in [0, 0.1) is 0 Å². The summed E-state index contributed by atoms with van der Waals surface area (Å²) in [7, 11) is 0. The first-order valence-electron chi connectivity index (χ1n) is 6.05. The Morgan fingerprint density at radius 2 is 2.00 bits per heavy atom. The summed E-state index contributed by atoms with van der Waals surface area (Å²) in [5.41, 5.74) is 11.7. The molecule has 2 aromatic rings. The number of nitrogen functional groups attached to an aromatic ring is 2. The molecule has 0 saturated carbocycles. The number of rotatable bonds is 2. The molecule has 1 aliphatic rings. The van der Waals surface area contributed by atoms with E-state index in [0.29, 0.717) is 11.0 Å². The highest BCUT2D eigenvalue weighted by molar-refractivity contribution is 5.87. The fourth-order valence-corrected chi connectivity index (χ4v) is 2.39. The molecule has 0 spiro atoms. The number of fused-ring (bicyclic) bond motifs is 1. The average Bonchev–Trinajstić information content (AvgIpc) is 2.93. The third kappa shape index (κ3) is 1.79. The summed E-state index contributed by atoms with van der Waals surface area (Å²) in [6.07, 6.45) is -2.51. The van der Waals surface area contributed by atoms with E-state index in [4.69, 9.17) is 21.3 Å². The lowest BCUT2D eigenvalue weighted by Crippen LogP contribution is -2.33. The van der Waals surface area contributed by atoms with Gasteiger partial charge in [-0.3, -0.25) is 0 Å². The van der Waals surface area contributed by atoms with Crippen molar-refractivity contribution >= 4 is 22.8 Å². The molecule has 20 heavy (non-hydrogen) atoms. The number of nitrogens with two attached hydrogens (primary N) is 2. The van der Waals surface area contributed by atoms with E-state index in [9.17, 15) is 10.2 Å². The number of ether oxygens (including phenoxy) is 1. The van der Waals surface area contributed by atoms with Gasteiger partial charge in [0, 0.05) is 6.20 Å². The van der Waals surface area contributed by atoms with Crippen molar-refractivity contribution in [1.29, 1.82) is 0 Å². The second kappa shape index (κ2) is 4.56. The summed E-state index contributed by atoms with van der Waals surface area (Å²) < 4.78 is 6.95. The van der Waals surface area contributed by atoms with Gasteiger partial charge in [0.05, 0.1) is 12.0 Å². The molecule has 108 valence electrons. The minimum absolute atomic E-state index is 0.00157. The van der Waals surface area contributed by atoms with Crippen molar-refractivity contribution in [2.75, 3.05) is 18.1 Å². The molecule has 0 aliphatic carbocycles. The lowest BCUT2D eigenvalue weighted by molar-refractivity contribution is -0.0508. The zero-order chi connectivity index (χ0) is 14.4. The average molecular weight is 281 g/mol. The number of aliphatic hydroxyl groups excluding tert-OH is 3. The van der Waals surface area contributed by atoms with E-state index in [1.54, 1.807) is 12.3 Å². The maximum Gasteiger partial charge on any atom is 0.223 e. The molecule has 9 nitrogen and oxygen atoms in total. The third-order valence-electron chi connectivity index (χ3n) is 3.41. The van der Waals surface area contributed by atoms with Crippen LogP contribution in [0.4, 0.5) is 11.8 Å². The van der Waals surface area contributed by atoms with Crippen molar-refractivity contribution in [3.63, 3.8) is 0 Å². The Kier molecular flexibility index (Phi) is 2.98. The van der Waals surface area contributed by atoms with Gasteiger partial charge in [0.25, 0.3) is 0 Å². The standard InChI is InChI=1S/C11H15N5O4/c12-8-4-1-2-16(9(4)15-11(13)14-8)10-7(19)6(18)5(3-17)20-10/h1-2,5-7,10,17-19H,3H2,(H4,12,13,14,15)/t5-,6-,7-,10-/m1/s1. The smallest absolute Gasteiger partial charge is 0.223 e. The highest BCUT2D eigenvalue weighted by Crippen LogP contribution is 2.32. The molecule has 0 radical (unpaired) electrons. The molecule has 3 rings (SSSR count). The molecular weight excluding hydrogens is 266 g/mol. The molecule has 9 heteroatoms. The van der Waals surface area contributed by atoms with Crippen molar-refractivity contribution in [1.82, 2.24) is 14.5 Å². The quantitative estimate of drug-likeness (QED) is 0.432. The Morgan fingerprint density at radius 3 is 2.65 bits per heavy atom. The van der Waals surface area contributed by atoms with Crippen molar-refractivity contribution in [2.45, 2.75) is 24.5 Å². The van der Waals surface area contributed by atoms with Gasteiger partial charge in [-0.05, 0) is 6.07 Å². The molecule has 4 atom stereocenters. The summed E-state index contributed by atoms with van der Waals surface area (Å²) in [5, 5.41) is 29.5. The molecule has 1 saturated heterocycles. The van der Waals surface area contributed by atoms with Crippen molar-refractivity contribution < 1.29 is 20.1 Å². The highest BCUT2D eigenvalue weighted by atomic mass is 16.6. The molecule has 0 unspecified atom stereocenters. The van der Waals surface area contributed by atoms with Gasteiger partial charge in [-0.2, -0.15) is 9.97 Å². The van der Waals surface area contributed by atoms with Gasteiger partial charge in [-0.25, -0.2) is 0 Å². The number of nitrogens with zero attached hydrogens (tertiary/aromatic N) is 3. The first kappa shape index (κ1) is 13.1. The van der Waals surface area contributed by atoms with Gasteiger partial charge < -0.3 is 36.1 Å². The van der Waals surface area contributed by atoms with Crippen LogP contribution in [0.3, 0.4) is 0 Å². The summed E-state index contributed by atoms with van der Waals surface area (Å²) in [4.78, 5) is 7.91. The van der Waals surface area contributed by atoms with Crippen LogP contribution in [0.25, 0.3) is 11.0 Å². The number of hydrogen-bond donors (Lipinski definition) is 5. The predicted molar refractivity (Wildman–Crippen MR) is 69.4 cm³/mol. The van der Waals surface area contributed by atoms with E-state index in [-0.39, 0.29) is 11.8 Å². The summed E-state index contributed by atoms with van der Waals surface area (Å²) in [6, 6.07) is 1.67. The SMILES string of the molecule is Nc1nc(N)c2ccn([C@@H]3O[C@H](CO)[C@@H](O)[C@H]3O)c2n1. The minimum atomic E-state index is -1.19. The molecule has 7 N–H and O–H groups in total. The fraction of sp³-hybridized carbons (Fsp3) is 0.455. The molecule has 0 aromatic carbocycles. The van der Waals surface area contributed by atoms with Crippen LogP contribution in [0.1, 0.15) is 6.23 Å². The molecule has 2 aromatic heterocycles. The van der Waals surface area contributed by atoms with Crippen LogP contribution in [0.2, 0.25) is 0 Å². The number of aliphatic hydroxyl groups is 3. The maximum absolute atomic E-state index is 10.0. The molecule has 1 aliphatic heterocycles. The Balaban J connectivity index is 2.07. The Morgan fingerprint density at radius 1 is 1.25 bits per heavy atom. The van der Waals surface area contributed by atoms with Crippen LogP contribution in [-0.4, -0.2) is 54.8 Å². The van der Waals surface area contributed by atoms with Crippen molar-refractivity contribution in [3.05, 3.63) is 12.3 Å². The largest absolute Gasteiger partial charge is 0.394 e. The predicted octanol–water partition coefficient (Wildman–Crippen LogP) is -1.79. The first-order valence-corrected chi connectivity index (χ1v) is 6.05. The number of aromatic nitrogens is 3. The molecule has 1 fully saturated rings. The van der Waals surface area contributed by atoms with Gasteiger partial charge in [-0.15, -0.1) is 0 Å². The highest BCUT2D eigenvalue weighted by Gasteiger charge is 2.43. The van der Waals surface area contributed by atoms with E-state index in [1.165, 1.54) is 4.57 Å². The van der Waals surface area contributed by atoms with Gasteiger partial charge in [0.1, 0.15) is 29.8 Å². The van der Waals surface area contributed by atoms with Crippen LogP contribution in [0.15, 0.2) is 12.3 Å². The van der Waals surface area contributed by atoms with Gasteiger partial charge >= 0.3 is 0 Å². The lowest BCUT2D eigenvalue weighted by Gasteiger charge is -2.17. The molecule has 0 amide bonds. The van der Waals surface area contributed by atoms with Gasteiger partial charge in [0.15, 0.2) is 6.23 Å². The van der Waals surface area contributed by atoms with E-state index in [1.807, 2.05) is 0 Å². The van der Waals surface area contributed by atoms with Crippen LogP contribution < -0.4 is 11.5 Å². The zero-order valence-electron chi connectivity index (χ0n) is 10.4. The van der Waals surface area contributed by atoms with E-state index >= 15 is 0 Å². The maximum atomic E-state index is 10.0.